The molecule has 2 aromatic carbocycles. The standard InChI is InChI=1S/C20H25ClN2O3S/c1-4-16(3)22-20(24)14-23(13-17-6-5-7-18(21)12-17)27(25,26)19-10-8-15(2)9-11-19/h5-12,16H,4,13-14H2,1-3H3,(H,22,24)/t16-/m0/s1. The van der Waals surface area contributed by atoms with Gasteiger partial charge in [0.25, 0.3) is 0 Å². The van der Waals surface area contributed by atoms with Gasteiger partial charge in [0.15, 0.2) is 0 Å². The molecule has 2 rings (SSSR count). The molecule has 0 aliphatic rings. The number of benzene rings is 2. The van der Waals surface area contributed by atoms with Crippen LogP contribution in [0.1, 0.15) is 31.4 Å². The molecule has 0 heterocycles. The highest BCUT2D eigenvalue weighted by atomic mass is 35.5. The molecule has 2 aromatic rings. The molecule has 1 N–H and O–H groups in total. The fraction of sp³-hybridized carbons (Fsp3) is 0.350. The van der Waals surface area contributed by atoms with E-state index < -0.39 is 10.0 Å². The minimum absolute atomic E-state index is 0.0207. The lowest BCUT2D eigenvalue weighted by Gasteiger charge is -2.23. The van der Waals surface area contributed by atoms with Crippen LogP contribution in [0.3, 0.4) is 0 Å². The molecule has 0 spiro atoms. The summed E-state index contributed by atoms with van der Waals surface area (Å²) < 4.78 is 27.5. The molecule has 0 fully saturated rings. The van der Waals surface area contributed by atoms with Gasteiger partial charge in [-0.2, -0.15) is 4.31 Å². The summed E-state index contributed by atoms with van der Waals surface area (Å²) in [6.45, 7) is 5.53. The molecule has 0 aliphatic carbocycles. The van der Waals surface area contributed by atoms with E-state index in [0.29, 0.717) is 5.02 Å². The maximum Gasteiger partial charge on any atom is 0.243 e. The molecule has 0 saturated carbocycles. The Balaban J connectivity index is 2.32. The summed E-state index contributed by atoms with van der Waals surface area (Å²) >= 11 is 6.02. The highest BCUT2D eigenvalue weighted by Gasteiger charge is 2.27. The minimum atomic E-state index is -3.84. The van der Waals surface area contributed by atoms with Crippen LogP contribution in [0.5, 0.6) is 0 Å². The zero-order valence-corrected chi connectivity index (χ0v) is 17.3. The minimum Gasteiger partial charge on any atom is -0.353 e. The predicted octanol–water partition coefficient (Wildman–Crippen LogP) is 3.75. The summed E-state index contributed by atoms with van der Waals surface area (Å²) in [5.41, 5.74) is 1.68. The third-order valence-corrected chi connectivity index (χ3v) is 6.29. The zero-order chi connectivity index (χ0) is 20.0. The van der Waals surface area contributed by atoms with Crippen LogP contribution in [0, 0.1) is 6.92 Å². The Morgan fingerprint density at radius 3 is 2.44 bits per heavy atom. The van der Waals surface area contributed by atoms with Crippen LogP contribution in [-0.4, -0.2) is 31.2 Å². The van der Waals surface area contributed by atoms with Crippen molar-refractivity contribution in [1.82, 2.24) is 9.62 Å². The molecule has 7 heteroatoms. The van der Waals surface area contributed by atoms with Crippen LogP contribution in [0.2, 0.25) is 5.02 Å². The third kappa shape index (κ3) is 6.06. The molecule has 0 saturated heterocycles. The van der Waals surface area contributed by atoms with Gasteiger partial charge in [0.1, 0.15) is 0 Å². The van der Waals surface area contributed by atoms with Crippen LogP contribution >= 0.6 is 11.6 Å². The molecule has 0 aromatic heterocycles. The van der Waals surface area contributed by atoms with Crippen molar-refractivity contribution in [3.8, 4) is 0 Å². The number of nitrogens with zero attached hydrogens (tertiary/aromatic N) is 1. The highest BCUT2D eigenvalue weighted by molar-refractivity contribution is 7.89. The Labute approximate surface area is 166 Å². The monoisotopic (exact) mass is 408 g/mol. The van der Waals surface area contributed by atoms with E-state index in [4.69, 9.17) is 11.6 Å². The van der Waals surface area contributed by atoms with Gasteiger partial charge in [-0.05, 0) is 50.1 Å². The van der Waals surface area contributed by atoms with Crippen molar-refractivity contribution in [2.24, 2.45) is 0 Å². The topological polar surface area (TPSA) is 66.5 Å². The number of carbonyl (C=O) groups is 1. The van der Waals surface area contributed by atoms with Gasteiger partial charge in [0.05, 0.1) is 11.4 Å². The molecular weight excluding hydrogens is 384 g/mol. The van der Waals surface area contributed by atoms with E-state index in [0.717, 1.165) is 17.5 Å². The fourth-order valence-electron chi connectivity index (χ4n) is 2.51. The van der Waals surface area contributed by atoms with Crippen molar-refractivity contribution in [2.75, 3.05) is 6.54 Å². The van der Waals surface area contributed by atoms with Gasteiger partial charge in [0.2, 0.25) is 15.9 Å². The average molecular weight is 409 g/mol. The van der Waals surface area contributed by atoms with Crippen molar-refractivity contribution in [3.63, 3.8) is 0 Å². The highest BCUT2D eigenvalue weighted by Crippen LogP contribution is 2.20. The van der Waals surface area contributed by atoms with Gasteiger partial charge < -0.3 is 5.32 Å². The van der Waals surface area contributed by atoms with Crippen LogP contribution in [-0.2, 0) is 21.4 Å². The Morgan fingerprint density at radius 1 is 1.19 bits per heavy atom. The summed E-state index contributed by atoms with van der Waals surface area (Å²) in [4.78, 5) is 12.5. The summed E-state index contributed by atoms with van der Waals surface area (Å²) in [6.07, 6.45) is 0.769. The first kappa shape index (κ1) is 21.4. The Kier molecular flexibility index (Phi) is 7.41. The number of rotatable bonds is 8. The van der Waals surface area contributed by atoms with Crippen LogP contribution < -0.4 is 5.32 Å². The first-order valence-electron chi connectivity index (χ1n) is 8.83. The Hall–Kier alpha value is -1.89. The lowest BCUT2D eigenvalue weighted by Crippen LogP contribution is -2.43. The quantitative estimate of drug-likeness (QED) is 0.723. The van der Waals surface area contributed by atoms with E-state index in [1.807, 2.05) is 20.8 Å². The van der Waals surface area contributed by atoms with E-state index >= 15 is 0 Å². The van der Waals surface area contributed by atoms with Crippen molar-refractivity contribution < 1.29 is 13.2 Å². The van der Waals surface area contributed by atoms with E-state index in [1.165, 1.54) is 4.31 Å². The normalized spacial score (nSPS) is 12.8. The lowest BCUT2D eigenvalue weighted by molar-refractivity contribution is -0.122. The lowest BCUT2D eigenvalue weighted by atomic mass is 10.2. The largest absolute Gasteiger partial charge is 0.353 e. The van der Waals surface area contributed by atoms with Gasteiger partial charge in [-0.25, -0.2) is 8.42 Å². The van der Waals surface area contributed by atoms with Gasteiger partial charge in [-0.3, -0.25) is 4.79 Å². The summed E-state index contributed by atoms with van der Waals surface area (Å²) in [5, 5.41) is 3.34. The van der Waals surface area contributed by atoms with E-state index in [2.05, 4.69) is 5.32 Å². The summed E-state index contributed by atoms with van der Waals surface area (Å²) in [7, 11) is -3.84. The molecular formula is C20H25ClN2O3S. The number of nitrogens with one attached hydrogen (secondary N) is 1. The number of sulfonamides is 1. The molecule has 146 valence electrons. The molecule has 0 radical (unpaired) electrons. The molecule has 1 atom stereocenters. The Morgan fingerprint density at radius 2 is 1.85 bits per heavy atom. The van der Waals surface area contributed by atoms with Crippen molar-refractivity contribution in [1.29, 1.82) is 0 Å². The average Bonchev–Trinajstić information content (AvgIpc) is 2.61. The van der Waals surface area contributed by atoms with Crippen molar-refractivity contribution in [2.45, 2.75) is 44.7 Å². The summed E-state index contributed by atoms with van der Waals surface area (Å²) in [6, 6.07) is 13.5. The molecule has 0 unspecified atom stereocenters. The predicted molar refractivity (Wildman–Crippen MR) is 108 cm³/mol. The van der Waals surface area contributed by atoms with Gasteiger partial charge in [0, 0.05) is 17.6 Å². The number of halogens is 1. The SMILES string of the molecule is CC[C@H](C)NC(=O)CN(Cc1cccc(Cl)c1)S(=O)(=O)c1ccc(C)cc1. The molecule has 1 amide bonds. The second-order valence-electron chi connectivity index (χ2n) is 6.59. The maximum absolute atomic E-state index is 13.1. The molecule has 0 aliphatic heterocycles. The smallest absolute Gasteiger partial charge is 0.243 e. The van der Waals surface area contributed by atoms with Crippen molar-refractivity contribution in [3.05, 3.63) is 64.7 Å². The molecule has 0 bridgehead atoms. The second-order valence-corrected chi connectivity index (χ2v) is 8.97. The van der Waals surface area contributed by atoms with Crippen LogP contribution in [0.25, 0.3) is 0 Å². The first-order chi connectivity index (χ1) is 12.7. The summed E-state index contributed by atoms with van der Waals surface area (Å²) in [5.74, 6) is -0.331. The van der Waals surface area contributed by atoms with E-state index in [1.54, 1.807) is 48.5 Å². The van der Waals surface area contributed by atoms with Gasteiger partial charge in [-0.1, -0.05) is 48.4 Å². The van der Waals surface area contributed by atoms with Crippen molar-refractivity contribution >= 4 is 27.5 Å². The number of hydrogen-bond donors (Lipinski definition) is 1. The number of aryl methyl sites for hydroxylation is 1. The number of amides is 1. The van der Waals surface area contributed by atoms with E-state index in [-0.39, 0.29) is 29.9 Å². The molecule has 27 heavy (non-hydrogen) atoms. The zero-order valence-electron chi connectivity index (χ0n) is 15.8. The van der Waals surface area contributed by atoms with Crippen LogP contribution in [0.15, 0.2) is 53.4 Å². The Bertz CT molecular complexity index is 882. The number of carbonyl (C=O) groups excluding carboxylic acids is 1. The van der Waals surface area contributed by atoms with Crippen LogP contribution in [0.4, 0.5) is 0 Å². The molecule has 5 nitrogen and oxygen atoms in total. The first-order valence-corrected chi connectivity index (χ1v) is 10.6. The second kappa shape index (κ2) is 9.35. The van der Waals surface area contributed by atoms with E-state index in [9.17, 15) is 13.2 Å². The van der Waals surface area contributed by atoms with Gasteiger partial charge >= 0.3 is 0 Å². The third-order valence-electron chi connectivity index (χ3n) is 4.25. The maximum atomic E-state index is 13.1. The van der Waals surface area contributed by atoms with Gasteiger partial charge in [-0.15, -0.1) is 0 Å². The fourth-order valence-corrected chi connectivity index (χ4v) is 4.10. The number of hydrogen-bond acceptors (Lipinski definition) is 3.